The van der Waals surface area contributed by atoms with E-state index < -0.39 is 12.0 Å². The van der Waals surface area contributed by atoms with Gasteiger partial charge in [0.2, 0.25) is 0 Å². The number of halogens is 2. The van der Waals surface area contributed by atoms with Crippen molar-refractivity contribution in [1.82, 2.24) is 4.57 Å². The largest absolute Gasteiger partial charge is 0.493 e. The average molecular weight is 769 g/mol. The van der Waals surface area contributed by atoms with Gasteiger partial charge in [-0.25, -0.2) is 9.79 Å². The van der Waals surface area contributed by atoms with Crippen molar-refractivity contribution >= 4 is 74.6 Å². The summed E-state index contributed by atoms with van der Waals surface area (Å²) in [6, 6.07) is 23.9. The molecule has 0 bridgehead atoms. The quantitative estimate of drug-likeness (QED) is 0.121. The molecule has 228 valence electrons. The van der Waals surface area contributed by atoms with E-state index in [1.807, 2.05) is 90.3 Å². The van der Waals surface area contributed by atoms with E-state index in [9.17, 15) is 9.59 Å². The zero-order chi connectivity index (χ0) is 31.5. The van der Waals surface area contributed by atoms with Gasteiger partial charge in [-0.05, 0) is 82.4 Å². The van der Waals surface area contributed by atoms with Crippen molar-refractivity contribution in [3.63, 3.8) is 0 Å². The van der Waals surface area contributed by atoms with Crippen LogP contribution in [-0.4, -0.2) is 24.3 Å². The second kappa shape index (κ2) is 13.7. The highest BCUT2D eigenvalue weighted by Gasteiger charge is 2.35. The van der Waals surface area contributed by atoms with Gasteiger partial charge >= 0.3 is 5.97 Å². The summed E-state index contributed by atoms with van der Waals surface area (Å²) < 4.78 is 20.2. The number of hydrogen-bond acceptors (Lipinski definition) is 8. The molecule has 1 aliphatic rings. The van der Waals surface area contributed by atoms with Crippen molar-refractivity contribution < 1.29 is 19.0 Å². The Morgan fingerprint density at radius 2 is 1.87 bits per heavy atom. The van der Waals surface area contributed by atoms with Crippen LogP contribution in [0.4, 0.5) is 0 Å². The molecular weight excluding hydrogens is 743 g/mol. The van der Waals surface area contributed by atoms with Gasteiger partial charge in [-0.1, -0.05) is 71.5 Å². The van der Waals surface area contributed by atoms with Crippen LogP contribution in [0.5, 0.6) is 11.5 Å². The number of thiophene rings is 1. The van der Waals surface area contributed by atoms with E-state index in [2.05, 4.69) is 22.6 Å². The topological polar surface area (TPSA) is 79.1 Å². The minimum absolute atomic E-state index is 0.200. The number of fused-ring (bicyclic) bond motifs is 1. The fraction of sp³-hybridized carbons (Fsp3) is 0.147. The number of nitrogens with zero attached hydrogens (tertiary/aromatic N) is 2. The predicted octanol–water partition coefficient (Wildman–Crippen LogP) is 6.84. The third-order valence-electron chi connectivity index (χ3n) is 7.03. The number of thiazole rings is 1. The van der Waals surface area contributed by atoms with Crippen molar-refractivity contribution in [1.29, 1.82) is 0 Å². The molecule has 3 heterocycles. The summed E-state index contributed by atoms with van der Waals surface area (Å²) >= 11 is 11.0. The van der Waals surface area contributed by atoms with Crippen LogP contribution >= 0.6 is 56.9 Å². The first-order valence-electron chi connectivity index (χ1n) is 13.9. The Balaban J connectivity index is 1.46. The van der Waals surface area contributed by atoms with E-state index in [4.69, 9.17) is 30.8 Å². The minimum atomic E-state index is -0.684. The van der Waals surface area contributed by atoms with E-state index in [1.165, 1.54) is 22.7 Å². The fourth-order valence-electron chi connectivity index (χ4n) is 5.01. The van der Waals surface area contributed by atoms with Crippen LogP contribution in [0, 0.1) is 3.57 Å². The van der Waals surface area contributed by atoms with E-state index in [-0.39, 0.29) is 12.2 Å². The van der Waals surface area contributed by atoms with Crippen molar-refractivity contribution in [2.45, 2.75) is 19.6 Å². The van der Waals surface area contributed by atoms with E-state index >= 15 is 0 Å². The molecule has 0 saturated carbocycles. The summed E-state index contributed by atoms with van der Waals surface area (Å²) in [6.45, 7) is 2.31. The van der Waals surface area contributed by atoms with Gasteiger partial charge in [0.15, 0.2) is 16.3 Å². The third-order valence-corrected chi connectivity index (χ3v) is 9.99. The number of aromatic nitrogens is 1. The van der Waals surface area contributed by atoms with Gasteiger partial charge in [-0.15, -0.1) is 11.3 Å². The Bertz CT molecular complexity index is 2070. The van der Waals surface area contributed by atoms with Crippen LogP contribution in [0.1, 0.15) is 34.5 Å². The van der Waals surface area contributed by atoms with Crippen LogP contribution in [0.3, 0.4) is 0 Å². The van der Waals surface area contributed by atoms with Gasteiger partial charge in [0.05, 0.1) is 33.1 Å². The Labute approximate surface area is 285 Å². The van der Waals surface area contributed by atoms with Crippen LogP contribution in [0.25, 0.3) is 11.8 Å². The SMILES string of the molecule is CCOC(=O)C1=C(c2ccccc2)N=c2s/c(=C\c3cc(I)c(OCc4ccc(Cl)cc4)c(OC)c3)c(=O)n2[C@H]1c1cccs1. The summed E-state index contributed by atoms with van der Waals surface area (Å²) in [6.07, 6.45) is 1.82. The maximum absolute atomic E-state index is 14.1. The van der Waals surface area contributed by atoms with E-state index in [0.29, 0.717) is 43.7 Å². The maximum Gasteiger partial charge on any atom is 0.338 e. The molecule has 5 aromatic rings. The number of ether oxygens (including phenoxy) is 3. The zero-order valence-corrected chi connectivity index (χ0v) is 28.7. The second-order valence-corrected chi connectivity index (χ2v) is 13.5. The Hall–Kier alpha value is -3.71. The molecule has 0 saturated heterocycles. The number of benzene rings is 3. The number of carbonyl (C=O) groups is 1. The first-order valence-corrected chi connectivity index (χ1v) is 17.1. The van der Waals surface area contributed by atoms with Crippen LogP contribution < -0.4 is 24.4 Å². The molecule has 11 heteroatoms. The van der Waals surface area contributed by atoms with Crippen molar-refractivity contribution in [3.05, 3.63) is 140 Å². The lowest BCUT2D eigenvalue weighted by Crippen LogP contribution is -2.39. The van der Waals surface area contributed by atoms with Crippen LogP contribution in [-0.2, 0) is 16.1 Å². The summed E-state index contributed by atoms with van der Waals surface area (Å²) in [7, 11) is 1.58. The molecule has 2 aromatic heterocycles. The highest BCUT2D eigenvalue weighted by atomic mass is 127. The maximum atomic E-state index is 14.1. The highest BCUT2D eigenvalue weighted by Crippen LogP contribution is 2.37. The number of esters is 1. The minimum Gasteiger partial charge on any atom is -0.493 e. The number of methoxy groups -OCH3 is 1. The molecular formula is C34H26ClIN2O5S2. The molecule has 0 N–H and O–H groups in total. The van der Waals surface area contributed by atoms with Crippen molar-refractivity contribution in [2.75, 3.05) is 13.7 Å². The van der Waals surface area contributed by atoms with Gasteiger partial charge in [-0.2, -0.15) is 0 Å². The van der Waals surface area contributed by atoms with Crippen molar-refractivity contribution in [3.8, 4) is 11.5 Å². The number of rotatable bonds is 9. The second-order valence-electron chi connectivity index (χ2n) is 9.90. The summed E-state index contributed by atoms with van der Waals surface area (Å²) in [5, 5.41) is 2.59. The van der Waals surface area contributed by atoms with Gasteiger partial charge in [0.25, 0.3) is 5.56 Å². The molecule has 7 nitrogen and oxygen atoms in total. The standard InChI is InChI=1S/C34H26ClIN2O5S2/c1-3-42-33(40)28-29(22-8-5-4-6-9-22)37-34-38(30(28)26-10-7-15-44-26)32(39)27(45-34)18-21-16-24(36)31(25(17-21)41-2)43-19-20-11-13-23(35)14-12-20/h4-18,30H,3,19H2,1-2H3/b27-18-/t30-/m0/s1. The lowest BCUT2D eigenvalue weighted by atomic mass is 9.97. The zero-order valence-electron chi connectivity index (χ0n) is 24.2. The number of carbonyl (C=O) groups excluding carboxylic acids is 1. The van der Waals surface area contributed by atoms with Gasteiger partial charge in [0.1, 0.15) is 12.6 Å². The molecule has 6 rings (SSSR count). The monoisotopic (exact) mass is 768 g/mol. The molecule has 1 aliphatic heterocycles. The molecule has 3 aromatic carbocycles. The lowest BCUT2D eigenvalue weighted by Gasteiger charge is -2.24. The molecule has 0 unspecified atom stereocenters. The molecule has 0 spiro atoms. The van der Waals surface area contributed by atoms with Gasteiger partial charge in [-0.3, -0.25) is 9.36 Å². The summed E-state index contributed by atoms with van der Waals surface area (Å²) in [5.74, 6) is 0.652. The first-order chi connectivity index (χ1) is 21.9. The summed E-state index contributed by atoms with van der Waals surface area (Å²) in [5.41, 5.74) is 3.10. The predicted molar refractivity (Wildman–Crippen MR) is 187 cm³/mol. The van der Waals surface area contributed by atoms with Crippen LogP contribution in [0.15, 0.2) is 99.6 Å². The van der Waals surface area contributed by atoms with E-state index in [1.54, 1.807) is 18.6 Å². The Morgan fingerprint density at radius 1 is 1.09 bits per heavy atom. The normalized spacial score (nSPS) is 14.6. The molecule has 0 radical (unpaired) electrons. The molecule has 1 atom stereocenters. The first kappa shape index (κ1) is 31.3. The number of hydrogen-bond donors (Lipinski definition) is 0. The smallest absolute Gasteiger partial charge is 0.338 e. The molecule has 0 amide bonds. The lowest BCUT2D eigenvalue weighted by molar-refractivity contribution is -0.138. The molecule has 45 heavy (non-hydrogen) atoms. The molecule has 0 aliphatic carbocycles. The van der Waals surface area contributed by atoms with Crippen molar-refractivity contribution in [2.24, 2.45) is 4.99 Å². The average Bonchev–Trinajstić information content (AvgIpc) is 3.69. The van der Waals surface area contributed by atoms with E-state index in [0.717, 1.165) is 25.1 Å². The highest BCUT2D eigenvalue weighted by molar-refractivity contribution is 14.1. The third kappa shape index (κ3) is 6.51. The van der Waals surface area contributed by atoms with Crippen LogP contribution in [0.2, 0.25) is 5.02 Å². The summed E-state index contributed by atoms with van der Waals surface area (Å²) in [4.78, 5) is 33.9. The Kier molecular flexibility index (Phi) is 9.55. The molecule has 0 fully saturated rings. The Morgan fingerprint density at radius 3 is 2.56 bits per heavy atom. The van der Waals surface area contributed by atoms with Gasteiger partial charge < -0.3 is 14.2 Å². The fourth-order valence-corrected chi connectivity index (χ4v) is 7.74. The van der Waals surface area contributed by atoms with Gasteiger partial charge in [0, 0.05) is 15.5 Å².